The van der Waals surface area contributed by atoms with Crippen molar-refractivity contribution in [2.75, 3.05) is 25.4 Å². The standard InChI is InChI=1S/C14H27NO4S/c1-4-5-10-20(17,18)15-8-6-13(7-9-15)19-11-14(16)12(2)3/h12-13H,4-11H2,1-3H3. The summed E-state index contributed by atoms with van der Waals surface area (Å²) in [6, 6.07) is 0. The first-order chi connectivity index (χ1) is 9.36. The summed E-state index contributed by atoms with van der Waals surface area (Å²) in [5.74, 6) is 0.327. The third-order valence-electron chi connectivity index (χ3n) is 3.66. The SMILES string of the molecule is CCCCS(=O)(=O)N1CCC(OCC(=O)C(C)C)CC1. The third-order valence-corrected chi connectivity index (χ3v) is 5.61. The molecule has 0 aromatic carbocycles. The molecule has 118 valence electrons. The molecule has 20 heavy (non-hydrogen) atoms. The van der Waals surface area contributed by atoms with Gasteiger partial charge < -0.3 is 4.74 Å². The Morgan fingerprint density at radius 3 is 2.40 bits per heavy atom. The second-order valence-electron chi connectivity index (χ2n) is 5.70. The van der Waals surface area contributed by atoms with Crippen molar-refractivity contribution >= 4 is 15.8 Å². The zero-order chi connectivity index (χ0) is 15.2. The number of Topliss-reactive ketones (excluding diaryl/α,β-unsaturated/α-hetero) is 1. The Balaban J connectivity index is 2.34. The topological polar surface area (TPSA) is 63.7 Å². The van der Waals surface area contributed by atoms with Gasteiger partial charge in [-0.1, -0.05) is 27.2 Å². The van der Waals surface area contributed by atoms with E-state index in [2.05, 4.69) is 0 Å². The zero-order valence-electron chi connectivity index (χ0n) is 12.8. The van der Waals surface area contributed by atoms with Gasteiger partial charge in [-0.3, -0.25) is 4.79 Å². The maximum atomic E-state index is 12.0. The molecule has 5 nitrogen and oxygen atoms in total. The molecule has 1 aliphatic heterocycles. The van der Waals surface area contributed by atoms with Gasteiger partial charge in [-0.15, -0.1) is 0 Å². The van der Waals surface area contributed by atoms with Gasteiger partial charge in [0.2, 0.25) is 10.0 Å². The van der Waals surface area contributed by atoms with Gasteiger partial charge in [-0.2, -0.15) is 0 Å². The zero-order valence-corrected chi connectivity index (χ0v) is 13.6. The van der Waals surface area contributed by atoms with Crippen LogP contribution in [-0.2, 0) is 19.6 Å². The number of ketones is 1. The van der Waals surface area contributed by atoms with E-state index in [4.69, 9.17) is 4.74 Å². The second kappa shape index (κ2) is 8.10. The van der Waals surface area contributed by atoms with E-state index in [1.54, 1.807) is 4.31 Å². The lowest BCUT2D eigenvalue weighted by Crippen LogP contribution is -2.42. The summed E-state index contributed by atoms with van der Waals surface area (Å²) in [7, 11) is -3.10. The maximum absolute atomic E-state index is 12.0. The smallest absolute Gasteiger partial charge is 0.214 e. The molecule has 0 aromatic heterocycles. The van der Waals surface area contributed by atoms with Gasteiger partial charge in [-0.05, 0) is 19.3 Å². The van der Waals surface area contributed by atoms with Gasteiger partial charge >= 0.3 is 0 Å². The average molecular weight is 305 g/mol. The lowest BCUT2D eigenvalue weighted by molar-refractivity contribution is -0.129. The van der Waals surface area contributed by atoms with Gasteiger partial charge in [0.15, 0.2) is 5.78 Å². The lowest BCUT2D eigenvalue weighted by Gasteiger charge is -2.31. The highest BCUT2D eigenvalue weighted by atomic mass is 32.2. The first-order valence-electron chi connectivity index (χ1n) is 7.49. The van der Waals surface area contributed by atoms with Crippen molar-refractivity contribution in [3.63, 3.8) is 0 Å². The Morgan fingerprint density at radius 2 is 1.90 bits per heavy atom. The molecule has 0 unspecified atom stereocenters. The molecule has 0 aliphatic carbocycles. The number of hydrogen-bond acceptors (Lipinski definition) is 4. The van der Waals surface area contributed by atoms with Crippen molar-refractivity contribution in [3.8, 4) is 0 Å². The number of hydrogen-bond donors (Lipinski definition) is 0. The van der Waals surface area contributed by atoms with Crippen LogP contribution < -0.4 is 0 Å². The summed E-state index contributed by atoms with van der Waals surface area (Å²) in [6.45, 7) is 6.86. The molecule has 1 rings (SSSR count). The van der Waals surface area contributed by atoms with Crippen LogP contribution in [0, 0.1) is 5.92 Å². The quantitative estimate of drug-likeness (QED) is 0.686. The van der Waals surface area contributed by atoms with E-state index >= 15 is 0 Å². The van der Waals surface area contributed by atoms with Crippen LogP contribution in [-0.4, -0.2) is 50.1 Å². The highest BCUT2D eigenvalue weighted by molar-refractivity contribution is 7.89. The normalized spacial score (nSPS) is 18.6. The van der Waals surface area contributed by atoms with Crippen molar-refractivity contribution in [1.29, 1.82) is 0 Å². The van der Waals surface area contributed by atoms with Gasteiger partial charge in [0.1, 0.15) is 6.61 Å². The molecule has 0 amide bonds. The molecule has 0 radical (unpaired) electrons. The van der Waals surface area contributed by atoms with Crippen LogP contribution in [0.3, 0.4) is 0 Å². The van der Waals surface area contributed by atoms with Gasteiger partial charge in [0, 0.05) is 19.0 Å². The predicted octanol–water partition coefficient (Wildman–Crippen LogP) is 1.82. The van der Waals surface area contributed by atoms with Crippen LogP contribution in [0.1, 0.15) is 46.5 Å². The van der Waals surface area contributed by atoms with Crippen LogP contribution in [0.5, 0.6) is 0 Å². The first-order valence-corrected chi connectivity index (χ1v) is 9.10. The van der Waals surface area contributed by atoms with Crippen LogP contribution >= 0.6 is 0 Å². The minimum absolute atomic E-state index is 0.00956. The van der Waals surface area contributed by atoms with E-state index in [0.717, 1.165) is 6.42 Å². The Kier molecular flexibility index (Phi) is 7.12. The number of carbonyl (C=O) groups is 1. The first kappa shape index (κ1) is 17.6. The van der Waals surface area contributed by atoms with Crippen LogP contribution in [0.4, 0.5) is 0 Å². The molecule has 0 bridgehead atoms. The number of ether oxygens (including phenoxy) is 1. The largest absolute Gasteiger partial charge is 0.370 e. The fourth-order valence-corrected chi connectivity index (χ4v) is 3.78. The lowest BCUT2D eigenvalue weighted by atomic mass is 10.1. The number of piperidine rings is 1. The highest BCUT2D eigenvalue weighted by Crippen LogP contribution is 2.18. The van der Waals surface area contributed by atoms with E-state index < -0.39 is 10.0 Å². The van der Waals surface area contributed by atoms with Gasteiger partial charge in [0.05, 0.1) is 11.9 Å². The Morgan fingerprint density at radius 1 is 1.30 bits per heavy atom. The average Bonchev–Trinajstić information content (AvgIpc) is 2.43. The molecule has 1 aliphatic rings. The molecular formula is C14H27NO4S. The number of rotatable bonds is 8. The van der Waals surface area contributed by atoms with Crippen LogP contribution in [0.15, 0.2) is 0 Å². The minimum Gasteiger partial charge on any atom is -0.370 e. The number of sulfonamides is 1. The molecule has 1 saturated heterocycles. The Bertz CT molecular complexity index is 397. The van der Waals surface area contributed by atoms with E-state index in [0.29, 0.717) is 32.4 Å². The summed E-state index contributed by atoms with van der Waals surface area (Å²) in [6.07, 6.45) is 2.96. The van der Waals surface area contributed by atoms with E-state index in [-0.39, 0.29) is 30.2 Å². The maximum Gasteiger partial charge on any atom is 0.214 e. The number of carbonyl (C=O) groups excluding carboxylic acids is 1. The van der Waals surface area contributed by atoms with Crippen molar-refractivity contribution in [2.45, 2.75) is 52.6 Å². The monoisotopic (exact) mass is 305 g/mol. The molecule has 0 aromatic rings. The molecule has 6 heteroatoms. The second-order valence-corrected chi connectivity index (χ2v) is 7.79. The van der Waals surface area contributed by atoms with Crippen LogP contribution in [0.2, 0.25) is 0 Å². The van der Waals surface area contributed by atoms with Crippen molar-refractivity contribution < 1.29 is 17.9 Å². The molecule has 1 heterocycles. The molecule has 0 N–H and O–H groups in total. The predicted molar refractivity (Wildman–Crippen MR) is 79.1 cm³/mol. The molecular weight excluding hydrogens is 278 g/mol. The number of unbranched alkanes of at least 4 members (excludes halogenated alkanes) is 1. The summed E-state index contributed by atoms with van der Waals surface area (Å²) >= 11 is 0. The van der Waals surface area contributed by atoms with Gasteiger partial charge in [0.25, 0.3) is 0 Å². The Labute approximate surface area is 122 Å². The van der Waals surface area contributed by atoms with Gasteiger partial charge in [-0.25, -0.2) is 12.7 Å². The fraction of sp³-hybridized carbons (Fsp3) is 0.929. The Hall–Kier alpha value is -0.460. The van der Waals surface area contributed by atoms with Crippen molar-refractivity contribution in [1.82, 2.24) is 4.31 Å². The van der Waals surface area contributed by atoms with E-state index in [1.807, 2.05) is 20.8 Å². The third kappa shape index (κ3) is 5.50. The molecule has 1 fully saturated rings. The number of nitrogens with zero attached hydrogens (tertiary/aromatic N) is 1. The summed E-state index contributed by atoms with van der Waals surface area (Å²) in [4.78, 5) is 11.5. The summed E-state index contributed by atoms with van der Waals surface area (Å²) < 4.78 is 31.2. The summed E-state index contributed by atoms with van der Waals surface area (Å²) in [5, 5.41) is 0. The summed E-state index contributed by atoms with van der Waals surface area (Å²) in [5.41, 5.74) is 0. The highest BCUT2D eigenvalue weighted by Gasteiger charge is 2.28. The van der Waals surface area contributed by atoms with Crippen molar-refractivity contribution in [3.05, 3.63) is 0 Å². The van der Waals surface area contributed by atoms with Crippen molar-refractivity contribution in [2.24, 2.45) is 5.92 Å². The molecule has 0 atom stereocenters. The van der Waals surface area contributed by atoms with Crippen LogP contribution in [0.25, 0.3) is 0 Å². The molecule has 0 saturated carbocycles. The molecule has 0 spiro atoms. The van der Waals surface area contributed by atoms with E-state index in [9.17, 15) is 13.2 Å². The minimum atomic E-state index is -3.10. The van der Waals surface area contributed by atoms with E-state index in [1.165, 1.54) is 0 Å². The fourth-order valence-electron chi connectivity index (χ4n) is 2.10.